The molecule has 1 aromatic carbocycles. The number of nitrogens with zero attached hydrogens (tertiary/aromatic N) is 3. The first-order valence-corrected chi connectivity index (χ1v) is 11.7. The fourth-order valence-electron chi connectivity index (χ4n) is 4.66. The minimum absolute atomic E-state index is 0.000113. The Morgan fingerprint density at radius 1 is 1.03 bits per heavy atom. The van der Waals surface area contributed by atoms with Crippen LogP contribution in [0.4, 0.5) is 4.79 Å². The van der Waals surface area contributed by atoms with E-state index in [0.717, 1.165) is 31.4 Å². The van der Waals surface area contributed by atoms with Gasteiger partial charge < -0.3 is 24.5 Å². The van der Waals surface area contributed by atoms with Crippen molar-refractivity contribution >= 4 is 17.9 Å². The van der Waals surface area contributed by atoms with E-state index >= 15 is 0 Å². The molecule has 8 nitrogen and oxygen atoms in total. The lowest BCUT2D eigenvalue weighted by Gasteiger charge is -2.36. The average molecular weight is 444 g/mol. The molecule has 3 fully saturated rings. The molecule has 0 aromatic heterocycles. The molecule has 1 atom stereocenters. The zero-order valence-corrected chi connectivity index (χ0v) is 18.6. The van der Waals surface area contributed by atoms with Gasteiger partial charge in [-0.2, -0.15) is 0 Å². The molecule has 2 saturated heterocycles. The molecule has 1 N–H and O–H groups in total. The lowest BCUT2D eigenvalue weighted by atomic mass is 9.90. The van der Waals surface area contributed by atoms with Crippen molar-refractivity contribution in [2.24, 2.45) is 5.41 Å². The van der Waals surface area contributed by atoms with Crippen LogP contribution in [0, 0.1) is 5.41 Å². The Labute approximate surface area is 189 Å². The normalized spacial score (nSPS) is 22.6. The quantitative estimate of drug-likeness (QED) is 0.726. The largest absolute Gasteiger partial charge is 0.445 e. The Morgan fingerprint density at radius 2 is 1.81 bits per heavy atom. The molecule has 1 spiro atoms. The number of benzene rings is 1. The van der Waals surface area contributed by atoms with Gasteiger partial charge in [0, 0.05) is 52.1 Å². The maximum Gasteiger partial charge on any atom is 0.410 e. The minimum atomic E-state index is -0.407. The van der Waals surface area contributed by atoms with E-state index in [1.807, 2.05) is 30.3 Å². The van der Waals surface area contributed by atoms with Crippen molar-refractivity contribution in [3.05, 3.63) is 35.9 Å². The zero-order valence-electron chi connectivity index (χ0n) is 18.6. The van der Waals surface area contributed by atoms with Crippen LogP contribution >= 0.6 is 0 Å². The molecule has 1 saturated carbocycles. The molecule has 1 aromatic rings. The molecule has 8 heteroatoms. The van der Waals surface area contributed by atoms with Crippen LogP contribution in [0.3, 0.4) is 0 Å². The first kappa shape index (κ1) is 22.6. The van der Waals surface area contributed by atoms with Gasteiger partial charge in [0.05, 0.1) is 6.10 Å². The summed E-state index contributed by atoms with van der Waals surface area (Å²) in [6.07, 6.45) is 3.44. The summed E-state index contributed by atoms with van der Waals surface area (Å²) in [5.74, 6) is 0.0489. The average Bonchev–Trinajstić information content (AvgIpc) is 3.61. The SMILES string of the molecule is O=C1CCN(C(=O)OCc2ccccc2)CCN1CCCC(=O)N1CCC2(CC2)C(O)C1. The molecule has 1 aliphatic carbocycles. The van der Waals surface area contributed by atoms with Crippen molar-refractivity contribution in [1.29, 1.82) is 0 Å². The number of hydrogen-bond donors (Lipinski definition) is 1. The van der Waals surface area contributed by atoms with Crippen LogP contribution in [-0.2, 0) is 20.9 Å². The number of carbonyl (C=O) groups is 3. The van der Waals surface area contributed by atoms with Crippen LogP contribution in [0.25, 0.3) is 0 Å². The summed E-state index contributed by atoms with van der Waals surface area (Å²) < 4.78 is 5.39. The summed E-state index contributed by atoms with van der Waals surface area (Å²) in [4.78, 5) is 42.5. The van der Waals surface area contributed by atoms with Gasteiger partial charge in [0.2, 0.25) is 11.8 Å². The highest BCUT2D eigenvalue weighted by Gasteiger charge is 2.51. The second-order valence-electron chi connectivity index (χ2n) is 9.23. The van der Waals surface area contributed by atoms with Gasteiger partial charge in [-0.05, 0) is 36.7 Å². The van der Waals surface area contributed by atoms with E-state index in [9.17, 15) is 19.5 Å². The Balaban J connectivity index is 1.17. The summed E-state index contributed by atoms with van der Waals surface area (Å²) in [6, 6.07) is 9.50. The van der Waals surface area contributed by atoms with Crippen LogP contribution < -0.4 is 0 Å². The maximum atomic E-state index is 12.5. The Bertz CT molecular complexity index is 826. The monoisotopic (exact) mass is 443 g/mol. The van der Waals surface area contributed by atoms with Crippen molar-refractivity contribution in [1.82, 2.24) is 14.7 Å². The van der Waals surface area contributed by atoms with Crippen LogP contribution in [0.15, 0.2) is 30.3 Å². The van der Waals surface area contributed by atoms with Crippen LogP contribution in [0.1, 0.15) is 44.1 Å². The van der Waals surface area contributed by atoms with Crippen LogP contribution in [0.2, 0.25) is 0 Å². The Kier molecular flexibility index (Phi) is 6.98. The van der Waals surface area contributed by atoms with Gasteiger partial charge in [0.15, 0.2) is 0 Å². The number of rotatable bonds is 6. The molecular weight excluding hydrogens is 410 g/mol. The van der Waals surface area contributed by atoms with Crippen molar-refractivity contribution in [3.8, 4) is 0 Å². The highest BCUT2D eigenvalue weighted by Crippen LogP contribution is 2.53. The number of ether oxygens (including phenoxy) is 1. The number of likely N-dealkylation sites (tertiary alicyclic amines) is 1. The van der Waals surface area contributed by atoms with Gasteiger partial charge in [-0.3, -0.25) is 9.59 Å². The standard InChI is InChI=1S/C24H33N3O5/c28-20-17-27(14-11-24(20)9-10-24)21(29)7-4-12-25-15-16-26(13-8-22(25)30)23(31)32-18-19-5-2-1-3-6-19/h1-3,5-6,20,28H,4,7-18H2. The fraction of sp³-hybridized carbons (Fsp3) is 0.625. The summed E-state index contributed by atoms with van der Waals surface area (Å²) in [6.45, 7) is 3.07. The molecular formula is C24H33N3O5. The number of piperidine rings is 1. The number of aliphatic hydroxyl groups excluding tert-OH is 1. The predicted octanol–water partition coefficient (Wildman–Crippen LogP) is 2.01. The molecule has 2 heterocycles. The molecule has 174 valence electrons. The van der Waals surface area contributed by atoms with Crippen molar-refractivity contribution in [2.75, 3.05) is 39.3 Å². The van der Waals surface area contributed by atoms with Crippen LogP contribution in [-0.4, -0.2) is 83.1 Å². The molecule has 2 aliphatic heterocycles. The van der Waals surface area contributed by atoms with E-state index in [1.54, 1.807) is 14.7 Å². The molecule has 1 unspecified atom stereocenters. The van der Waals surface area contributed by atoms with Gasteiger partial charge in [-0.1, -0.05) is 30.3 Å². The summed E-state index contributed by atoms with van der Waals surface area (Å²) >= 11 is 0. The summed E-state index contributed by atoms with van der Waals surface area (Å²) in [7, 11) is 0. The molecule has 32 heavy (non-hydrogen) atoms. The minimum Gasteiger partial charge on any atom is -0.445 e. The number of β-amino-alcohol motifs (C(OH)–C–C–N with tert-alkyl or cyclic N) is 1. The Morgan fingerprint density at radius 3 is 2.53 bits per heavy atom. The van der Waals surface area contributed by atoms with Gasteiger partial charge >= 0.3 is 6.09 Å². The number of amides is 3. The lowest BCUT2D eigenvalue weighted by Crippen LogP contribution is -2.47. The van der Waals surface area contributed by atoms with E-state index in [1.165, 1.54) is 0 Å². The third-order valence-corrected chi connectivity index (χ3v) is 7.09. The fourth-order valence-corrected chi connectivity index (χ4v) is 4.66. The maximum absolute atomic E-state index is 12.5. The van der Waals surface area contributed by atoms with E-state index in [2.05, 4.69) is 0 Å². The first-order valence-electron chi connectivity index (χ1n) is 11.7. The smallest absolute Gasteiger partial charge is 0.410 e. The first-order chi connectivity index (χ1) is 15.5. The molecule has 0 radical (unpaired) electrons. The summed E-state index contributed by atoms with van der Waals surface area (Å²) in [5, 5.41) is 10.3. The predicted molar refractivity (Wildman–Crippen MR) is 118 cm³/mol. The van der Waals surface area contributed by atoms with E-state index in [0.29, 0.717) is 45.6 Å². The zero-order chi connectivity index (χ0) is 22.6. The van der Waals surface area contributed by atoms with Gasteiger partial charge in [-0.25, -0.2) is 4.79 Å². The third-order valence-electron chi connectivity index (χ3n) is 7.09. The van der Waals surface area contributed by atoms with E-state index < -0.39 is 12.2 Å². The highest BCUT2D eigenvalue weighted by atomic mass is 16.6. The lowest BCUT2D eigenvalue weighted by molar-refractivity contribution is -0.137. The van der Waals surface area contributed by atoms with Crippen LogP contribution in [0.5, 0.6) is 0 Å². The van der Waals surface area contributed by atoms with Gasteiger partial charge in [0.1, 0.15) is 6.61 Å². The Hall–Kier alpha value is -2.61. The molecule has 3 aliphatic rings. The van der Waals surface area contributed by atoms with Crippen molar-refractivity contribution in [2.45, 2.75) is 51.2 Å². The second-order valence-corrected chi connectivity index (χ2v) is 9.23. The number of aliphatic hydroxyl groups is 1. The highest BCUT2D eigenvalue weighted by molar-refractivity contribution is 5.78. The topological polar surface area (TPSA) is 90.4 Å². The second kappa shape index (κ2) is 9.90. The number of carbonyl (C=O) groups excluding carboxylic acids is 3. The molecule has 3 amide bonds. The van der Waals surface area contributed by atoms with E-state index in [4.69, 9.17) is 4.74 Å². The van der Waals surface area contributed by atoms with E-state index in [-0.39, 0.29) is 30.3 Å². The van der Waals surface area contributed by atoms with Gasteiger partial charge in [-0.15, -0.1) is 0 Å². The molecule has 4 rings (SSSR count). The molecule has 0 bridgehead atoms. The van der Waals surface area contributed by atoms with Crippen molar-refractivity contribution < 1.29 is 24.2 Å². The van der Waals surface area contributed by atoms with Crippen molar-refractivity contribution in [3.63, 3.8) is 0 Å². The number of hydrogen-bond acceptors (Lipinski definition) is 5. The van der Waals surface area contributed by atoms with Gasteiger partial charge in [0.25, 0.3) is 0 Å². The summed E-state index contributed by atoms with van der Waals surface area (Å²) in [5.41, 5.74) is 1.01. The third kappa shape index (κ3) is 5.41.